The van der Waals surface area contributed by atoms with Gasteiger partial charge >= 0.3 is 0 Å². The molecule has 1 saturated carbocycles. The van der Waals surface area contributed by atoms with Gasteiger partial charge < -0.3 is 19.5 Å². The van der Waals surface area contributed by atoms with E-state index < -0.39 is 10.0 Å². The summed E-state index contributed by atoms with van der Waals surface area (Å²) >= 11 is 5.85. The van der Waals surface area contributed by atoms with E-state index in [4.69, 9.17) is 17.0 Å². The number of benzene rings is 1. The first-order chi connectivity index (χ1) is 16.9. The van der Waals surface area contributed by atoms with Gasteiger partial charge in [-0.3, -0.25) is 9.71 Å². The lowest BCUT2D eigenvalue weighted by Crippen LogP contribution is -2.30. The van der Waals surface area contributed by atoms with Crippen molar-refractivity contribution in [2.45, 2.75) is 43.8 Å². The highest BCUT2D eigenvalue weighted by molar-refractivity contribution is 7.92. The third-order valence-corrected chi connectivity index (χ3v) is 7.59. The fraction of sp³-hybridized carbons (Fsp3) is 0.360. The summed E-state index contributed by atoms with van der Waals surface area (Å²) in [6.45, 7) is 0. The van der Waals surface area contributed by atoms with Crippen molar-refractivity contribution in [2.24, 2.45) is 0 Å². The van der Waals surface area contributed by atoms with Gasteiger partial charge in [-0.2, -0.15) is 0 Å². The zero-order chi connectivity index (χ0) is 24.6. The molecule has 0 amide bonds. The number of sulfonamides is 1. The van der Waals surface area contributed by atoms with Crippen LogP contribution in [0.2, 0.25) is 0 Å². The molecule has 1 aliphatic carbocycles. The Bertz CT molecular complexity index is 1320. The van der Waals surface area contributed by atoms with Crippen LogP contribution in [0, 0.1) is 0 Å². The standard InChI is InChI=1S/C25H29N5O3S2/c1-33-22-13-12-18(16-20(22)28-35(2,31)32)30-24(21-11-7-15-29(21)17-8-3-4-9-17)23(27-25(30)34)19-10-5-6-14-26-19/h5-7,10-17,23-24,28H,3-4,8-9H2,1-2H3,(H,27,34)/t23-,24-/m0/s1. The van der Waals surface area contributed by atoms with E-state index in [9.17, 15) is 8.42 Å². The second kappa shape index (κ2) is 9.50. The number of ether oxygens (including phenoxy) is 1. The van der Waals surface area contributed by atoms with Gasteiger partial charge in [0, 0.05) is 29.8 Å². The van der Waals surface area contributed by atoms with Crippen LogP contribution < -0.4 is 19.7 Å². The van der Waals surface area contributed by atoms with Crippen LogP contribution in [0.4, 0.5) is 11.4 Å². The predicted octanol–water partition coefficient (Wildman–Crippen LogP) is 4.56. The van der Waals surface area contributed by atoms with Crippen LogP contribution in [0.1, 0.15) is 55.2 Å². The molecule has 5 rings (SSSR count). The summed E-state index contributed by atoms with van der Waals surface area (Å²) in [6.07, 6.45) is 9.85. The minimum Gasteiger partial charge on any atom is -0.495 e. The molecular weight excluding hydrogens is 482 g/mol. The van der Waals surface area contributed by atoms with Crippen molar-refractivity contribution in [1.29, 1.82) is 0 Å². The van der Waals surface area contributed by atoms with Gasteiger partial charge in [0.05, 0.1) is 30.8 Å². The number of thiocarbonyl (C=S) groups is 1. The Balaban J connectivity index is 1.63. The molecule has 2 N–H and O–H groups in total. The molecule has 0 spiro atoms. The average Bonchev–Trinajstić information content (AvgIpc) is 3.58. The molecule has 2 aliphatic rings. The number of nitrogens with one attached hydrogen (secondary N) is 2. The highest BCUT2D eigenvalue weighted by Gasteiger charge is 2.42. The number of rotatable bonds is 7. The third-order valence-electron chi connectivity index (χ3n) is 6.69. The van der Waals surface area contributed by atoms with Gasteiger partial charge in [-0.1, -0.05) is 18.9 Å². The Hall–Kier alpha value is -3.11. The molecule has 3 heterocycles. The SMILES string of the molecule is COc1ccc(N2C(=S)N[C@@H](c3ccccn3)[C@@H]2c2cccn2C2CCCC2)cc1NS(C)(=O)=O. The maximum Gasteiger partial charge on any atom is 0.229 e. The molecule has 0 bridgehead atoms. The van der Waals surface area contributed by atoms with E-state index in [1.807, 2.05) is 24.3 Å². The largest absolute Gasteiger partial charge is 0.495 e. The Morgan fingerprint density at radius 1 is 1.14 bits per heavy atom. The summed E-state index contributed by atoms with van der Waals surface area (Å²) in [5.41, 5.74) is 3.16. The molecule has 35 heavy (non-hydrogen) atoms. The molecule has 184 valence electrons. The zero-order valence-corrected chi connectivity index (χ0v) is 21.3. The van der Waals surface area contributed by atoms with Crippen LogP contribution in [0.5, 0.6) is 5.75 Å². The van der Waals surface area contributed by atoms with Crippen LogP contribution >= 0.6 is 12.2 Å². The zero-order valence-electron chi connectivity index (χ0n) is 19.7. The monoisotopic (exact) mass is 511 g/mol. The first-order valence-electron chi connectivity index (χ1n) is 11.7. The predicted molar refractivity (Wildman–Crippen MR) is 141 cm³/mol. The molecule has 1 aromatic carbocycles. The van der Waals surface area contributed by atoms with E-state index in [0.717, 1.165) is 36.2 Å². The van der Waals surface area contributed by atoms with Gasteiger partial charge in [-0.15, -0.1) is 0 Å². The highest BCUT2D eigenvalue weighted by atomic mass is 32.2. The highest BCUT2D eigenvalue weighted by Crippen LogP contribution is 2.45. The van der Waals surface area contributed by atoms with Crippen LogP contribution in [-0.4, -0.2) is 36.4 Å². The number of hydrogen-bond acceptors (Lipinski definition) is 5. The second-order valence-electron chi connectivity index (χ2n) is 9.03. The number of aromatic nitrogens is 2. The maximum atomic E-state index is 12.0. The second-order valence-corrected chi connectivity index (χ2v) is 11.2. The number of anilines is 2. The number of hydrogen-bond donors (Lipinski definition) is 2. The lowest BCUT2D eigenvalue weighted by molar-refractivity contribution is 0.417. The third kappa shape index (κ3) is 4.72. The molecule has 2 aromatic heterocycles. The van der Waals surface area contributed by atoms with Gasteiger partial charge in [-0.05, 0) is 67.5 Å². The van der Waals surface area contributed by atoms with E-state index in [2.05, 4.69) is 42.8 Å². The van der Waals surface area contributed by atoms with Gasteiger partial charge in [0.2, 0.25) is 10.0 Å². The summed E-state index contributed by atoms with van der Waals surface area (Å²) in [4.78, 5) is 6.69. The first kappa shape index (κ1) is 23.6. The minimum atomic E-state index is -3.50. The lowest BCUT2D eigenvalue weighted by Gasteiger charge is -2.30. The number of pyridine rings is 1. The van der Waals surface area contributed by atoms with Crippen molar-refractivity contribution >= 4 is 38.7 Å². The molecule has 8 nitrogen and oxygen atoms in total. The van der Waals surface area contributed by atoms with Crippen molar-refractivity contribution in [3.63, 3.8) is 0 Å². The van der Waals surface area contributed by atoms with Crippen molar-refractivity contribution < 1.29 is 13.2 Å². The quantitative estimate of drug-likeness (QED) is 0.450. The van der Waals surface area contributed by atoms with E-state index >= 15 is 0 Å². The Labute approximate surface area is 211 Å². The molecule has 1 aliphatic heterocycles. The Kier molecular flexibility index (Phi) is 6.41. The van der Waals surface area contributed by atoms with Crippen molar-refractivity contribution in [3.8, 4) is 5.75 Å². The van der Waals surface area contributed by atoms with Gasteiger partial charge in [-0.25, -0.2) is 8.42 Å². The summed E-state index contributed by atoms with van der Waals surface area (Å²) in [5, 5.41) is 4.04. The number of methoxy groups -OCH3 is 1. The lowest BCUT2D eigenvalue weighted by atomic mass is 10.00. The van der Waals surface area contributed by atoms with Crippen molar-refractivity contribution in [1.82, 2.24) is 14.9 Å². The van der Waals surface area contributed by atoms with Crippen LogP contribution in [-0.2, 0) is 10.0 Å². The molecular formula is C25H29N5O3S2. The smallest absolute Gasteiger partial charge is 0.229 e. The fourth-order valence-corrected chi connectivity index (χ4v) is 6.14. The van der Waals surface area contributed by atoms with Crippen molar-refractivity contribution in [3.05, 3.63) is 72.3 Å². The Morgan fingerprint density at radius 2 is 1.94 bits per heavy atom. The van der Waals surface area contributed by atoms with Crippen LogP contribution in [0.3, 0.4) is 0 Å². The number of nitrogens with zero attached hydrogens (tertiary/aromatic N) is 3. The summed E-state index contributed by atoms with van der Waals surface area (Å²) in [6, 6.07) is 15.7. The molecule has 1 saturated heterocycles. The van der Waals surface area contributed by atoms with Crippen molar-refractivity contribution in [2.75, 3.05) is 23.0 Å². The summed E-state index contributed by atoms with van der Waals surface area (Å²) in [5.74, 6) is 0.435. The maximum absolute atomic E-state index is 12.0. The summed E-state index contributed by atoms with van der Waals surface area (Å²) in [7, 11) is -1.99. The Morgan fingerprint density at radius 3 is 2.63 bits per heavy atom. The molecule has 10 heteroatoms. The van der Waals surface area contributed by atoms with E-state index in [1.165, 1.54) is 20.0 Å². The molecule has 2 fully saturated rings. The van der Waals surface area contributed by atoms with Gasteiger partial charge in [0.15, 0.2) is 5.11 Å². The van der Waals surface area contributed by atoms with Crippen LogP contribution in [0.25, 0.3) is 0 Å². The molecule has 3 aromatic rings. The van der Waals surface area contributed by atoms with Crippen LogP contribution in [0.15, 0.2) is 60.9 Å². The minimum absolute atomic E-state index is 0.174. The molecule has 0 radical (unpaired) electrons. The molecule has 2 atom stereocenters. The van der Waals surface area contributed by atoms with Gasteiger partial charge in [0.25, 0.3) is 0 Å². The normalized spacial score (nSPS) is 20.7. The van der Waals surface area contributed by atoms with E-state index in [0.29, 0.717) is 22.6 Å². The summed E-state index contributed by atoms with van der Waals surface area (Å²) < 4.78 is 34.4. The average molecular weight is 512 g/mol. The van der Waals surface area contributed by atoms with E-state index in [-0.39, 0.29) is 12.1 Å². The fourth-order valence-electron chi connectivity index (χ4n) is 5.23. The topological polar surface area (TPSA) is 88.5 Å². The van der Waals surface area contributed by atoms with E-state index in [1.54, 1.807) is 18.3 Å². The molecule has 0 unspecified atom stereocenters. The van der Waals surface area contributed by atoms with Gasteiger partial charge in [0.1, 0.15) is 11.8 Å². The first-order valence-corrected chi connectivity index (χ1v) is 14.0.